The van der Waals surface area contributed by atoms with Crippen LogP contribution in [0.3, 0.4) is 0 Å². The number of nitrogens with zero attached hydrogens (tertiary/aromatic N) is 3. The fourth-order valence-electron chi connectivity index (χ4n) is 1.36. The molecule has 0 bridgehead atoms. The lowest BCUT2D eigenvalue weighted by Crippen LogP contribution is -2.24. The molecule has 0 fully saturated rings. The SMILES string of the molecule is CC(C)c1nc(N)cc(NCCC(=O)N(C)C)n1. The molecule has 0 atom stereocenters. The van der Waals surface area contributed by atoms with Crippen LogP contribution >= 0.6 is 0 Å². The molecule has 0 aliphatic heterocycles. The van der Waals surface area contributed by atoms with Crippen molar-refractivity contribution in [3.05, 3.63) is 11.9 Å². The molecule has 1 amide bonds. The number of nitrogens with two attached hydrogens (primary N) is 1. The second-order valence-electron chi connectivity index (χ2n) is 4.66. The van der Waals surface area contributed by atoms with E-state index < -0.39 is 0 Å². The first-order valence-electron chi connectivity index (χ1n) is 5.98. The lowest BCUT2D eigenvalue weighted by atomic mass is 10.2. The van der Waals surface area contributed by atoms with Gasteiger partial charge in [-0.25, -0.2) is 9.97 Å². The van der Waals surface area contributed by atoms with E-state index in [9.17, 15) is 4.79 Å². The summed E-state index contributed by atoms with van der Waals surface area (Å²) in [6, 6.07) is 1.67. The Morgan fingerprint density at radius 2 is 2.11 bits per heavy atom. The van der Waals surface area contributed by atoms with Crippen molar-refractivity contribution >= 4 is 17.5 Å². The predicted octanol–water partition coefficient (Wildman–Crippen LogP) is 1.07. The molecule has 0 aromatic carbocycles. The Bertz CT molecular complexity index is 417. The summed E-state index contributed by atoms with van der Waals surface area (Å²) in [4.78, 5) is 21.5. The van der Waals surface area contributed by atoms with E-state index in [1.54, 1.807) is 25.1 Å². The van der Waals surface area contributed by atoms with E-state index in [2.05, 4.69) is 15.3 Å². The molecule has 1 rings (SSSR count). The zero-order chi connectivity index (χ0) is 13.7. The van der Waals surface area contributed by atoms with Crippen LogP contribution < -0.4 is 11.1 Å². The van der Waals surface area contributed by atoms with Crippen molar-refractivity contribution in [2.45, 2.75) is 26.2 Å². The summed E-state index contributed by atoms with van der Waals surface area (Å²) in [5, 5.41) is 3.09. The molecule has 1 heterocycles. The summed E-state index contributed by atoms with van der Waals surface area (Å²) in [7, 11) is 3.48. The van der Waals surface area contributed by atoms with Crippen LogP contribution in [0.4, 0.5) is 11.6 Å². The molecule has 0 radical (unpaired) electrons. The van der Waals surface area contributed by atoms with Gasteiger partial charge >= 0.3 is 0 Å². The second-order valence-corrected chi connectivity index (χ2v) is 4.66. The summed E-state index contributed by atoms with van der Waals surface area (Å²) in [6.45, 7) is 4.55. The number of anilines is 2. The predicted molar refractivity (Wildman–Crippen MR) is 72.3 cm³/mol. The van der Waals surface area contributed by atoms with Crippen molar-refractivity contribution in [3.8, 4) is 0 Å². The van der Waals surface area contributed by atoms with Gasteiger partial charge in [-0.15, -0.1) is 0 Å². The Hall–Kier alpha value is -1.85. The molecule has 0 aliphatic carbocycles. The highest BCUT2D eigenvalue weighted by Crippen LogP contribution is 2.14. The van der Waals surface area contributed by atoms with Gasteiger partial charge in [0.1, 0.15) is 17.5 Å². The van der Waals surface area contributed by atoms with Crippen LogP contribution in [0, 0.1) is 0 Å². The van der Waals surface area contributed by atoms with Gasteiger partial charge in [0.2, 0.25) is 5.91 Å². The van der Waals surface area contributed by atoms with Crippen LogP contribution in [0.1, 0.15) is 32.0 Å². The minimum absolute atomic E-state index is 0.0774. The van der Waals surface area contributed by atoms with Gasteiger partial charge in [0.15, 0.2) is 0 Å². The first-order chi connectivity index (χ1) is 8.40. The van der Waals surface area contributed by atoms with Gasteiger partial charge in [0.25, 0.3) is 0 Å². The van der Waals surface area contributed by atoms with Crippen molar-refractivity contribution < 1.29 is 4.79 Å². The molecule has 3 N–H and O–H groups in total. The Labute approximate surface area is 108 Å². The summed E-state index contributed by atoms with van der Waals surface area (Å²) in [5.74, 6) is 2.11. The fourth-order valence-corrected chi connectivity index (χ4v) is 1.36. The van der Waals surface area contributed by atoms with Gasteiger partial charge in [0.05, 0.1) is 0 Å². The number of hydrogen-bond acceptors (Lipinski definition) is 5. The summed E-state index contributed by atoms with van der Waals surface area (Å²) >= 11 is 0. The third-order valence-corrected chi connectivity index (χ3v) is 2.42. The number of amides is 1. The molecule has 0 saturated carbocycles. The molecule has 0 aliphatic rings. The van der Waals surface area contributed by atoms with E-state index >= 15 is 0 Å². The van der Waals surface area contributed by atoms with E-state index in [-0.39, 0.29) is 11.8 Å². The van der Waals surface area contributed by atoms with Crippen molar-refractivity contribution in [1.29, 1.82) is 0 Å². The molecular weight excluding hydrogens is 230 g/mol. The van der Waals surface area contributed by atoms with Crippen molar-refractivity contribution in [3.63, 3.8) is 0 Å². The Balaban J connectivity index is 2.60. The summed E-state index contributed by atoms with van der Waals surface area (Å²) < 4.78 is 0. The number of rotatable bonds is 5. The average Bonchev–Trinajstić information content (AvgIpc) is 2.27. The average molecular weight is 251 g/mol. The minimum atomic E-state index is 0.0774. The fraction of sp³-hybridized carbons (Fsp3) is 0.583. The summed E-state index contributed by atoms with van der Waals surface area (Å²) in [5.41, 5.74) is 5.71. The highest BCUT2D eigenvalue weighted by atomic mass is 16.2. The number of hydrogen-bond donors (Lipinski definition) is 2. The molecule has 1 aromatic heterocycles. The number of carbonyl (C=O) groups is 1. The zero-order valence-electron chi connectivity index (χ0n) is 11.4. The molecule has 100 valence electrons. The molecule has 0 spiro atoms. The molecule has 6 nitrogen and oxygen atoms in total. The van der Waals surface area contributed by atoms with Gasteiger partial charge in [-0.05, 0) is 0 Å². The zero-order valence-corrected chi connectivity index (χ0v) is 11.4. The maximum Gasteiger partial charge on any atom is 0.223 e. The highest BCUT2D eigenvalue weighted by molar-refractivity contribution is 5.76. The lowest BCUT2D eigenvalue weighted by molar-refractivity contribution is -0.128. The molecule has 0 unspecified atom stereocenters. The molecule has 6 heteroatoms. The minimum Gasteiger partial charge on any atom is -0.384 e. The molecular formula is C12H21N5O. The van der Waals surface area contributed by atoms with E-state index in [4.69, 9.17) is 5.73 Å². The standard InChI is InChI=1S/C12H21N5O/c1-8(2)12-15-9(13)7-10(16-12)14-6-5-11(18)17(3)4/h7-8H,5-6H2,1-4H3,(H3,13,14,15,16). The number of nitrogens with one attached hydrogen (secondary N) is 1. The van der Waals surface area contributed by atoms with Gasteiger partial charge in [-0.3, -0.25) is 4.79 Å². The molecule has 1 aromatic rings. The third-order valence-electron chi connectivity index (χ3n) is 2.42. The smallest absolute Gasteiger partial charge is 0.223 e. The van der Waals surface area contributed by atoms with Gasteiger partial charge in [-0.2, -0.15) is 0 Å². The van der Waals surface area contributed by atoms with Gasteiger partial charge in [-0.1, -0.05) is 13.8 Å². The van der Waals surface area contributed by atoms with Gasteiger partial charge in [0, 0.05) is 39.0 Å². The highest BCUT2D eigenvalue weighted by Gasteiger charge is 2.07. The third kappa shape index (κ3) is 4.20. The number of aromatic nitrogens is 2. The van der Waals surface area contributed by atoms with Crippen molar-refractivity contribution in [2.24, 2.45) is 0 Å². The normalized spacial score (nSPS) is 10.5. The van der Waals surface area contributed by atoms with Crippen LogP contribution in [0.5, 0.6) is 0 Å². The summed E-state index contributed by atoms with van der Waals surface area (Å²) in [6.07, 6.45) is 0.425. The number of nitrogen functional groups attached to an aromatic ring is 1. The maximum absolute atomic E-state index is 11.4. The van der Waals surface area contributed by atoms with E-state index in [1.807, 2.05) is 13.8 Å². The van der Waals surface area contributed by atoms with Crippen LogP contribution in [-0.2, 0) is 4.79 Å². The van der Waals surface area contributed by atoms with Crippen LogP contribution in [0.2, 0.25) is 0 Å². The topological polar surface area (TPSA) is 84.1 Å². The Morgan fingerprint density at radius 1 is 1.44 bits per heavy atom. The lowest BCUT2D eigenvalue weighted by Gasteiger charge is -2.12. The van der Waals surface area contributed by atoms with E-state index in [0.29, 0.717) is 30.4 Å². The first kappa shape index (κ1) is 14.2. The maximum atomic E-state index is 11.4. The monoisotopic (exact) mass is 251 g/mol. The van der Waals surface area contributed by atoms with E-state index in [1.165, 1.54) is 0 Å². The number of carbonyl (C=O) groups excluding carboxylic acids is 1. The van der Waals surface area contributed by atoms with E-state index in [0.717, 1.165) is 0 Å². The van der Waals surface area contributed by atoms with Gasteiger partial charge < -0.3 is 16.0 Å². The van der Waals surface area contributed by atoms with Crippen LogP contribution in [0.25, 0.3) is 0 Å². The van der Waals surface area contributed by atoms with Crippen molar-refractivity contribution in [1.82, 2.24) is 14.9 Å². The first-order valence-corrected chi connectivity index (χ1v) is 5.98. The Morgan fingerprint density at radius 3 is 2.67 bits per heavy atom. The Kier molecular flexibility index (Phi) is 4.88. The van der Waals surface area contributed by atoms with Crippen LogP contribution in [0.15, 0.2) is 6.07 Å². The molecule has 0 saturated heterocycles. The molecule has 18 heavy (non-hydrogen) atoms. The quantitative estimate of drug-likeness (QED) is 0.818. The van der Waals surface area contributed by atoms with Crippen molar-refractivity contribution in [2.75, 3.05) is 31.7 Å². The largest absolute Gasteiger partial charge is 0.384 e. The van der Waals surface area contributed by atoms with Crippen LogP contribution in [-0.4, -0.2) is 41.4 Å². The second kappa shape index (κ2) is 6.18.